The second-order valence-corrected chi connectivity index (χ2v) is 9.24. The van der Waals surface area contributed by atoms with E-state index in [0.717, 1.165) is 38.4 Å². The summed E-state index contributed by atoms with van der Waals surface area (Å²) in [6, 6.07) is 11.2. The number of thioether (sulfide) groups is 1. The quantitative estimate of drug-likeness (QED) is 0.358. The second kappa shape index (κ2) is 11.4. The SMILES string of the molecule is CCC(Sc1nc2ccccc2c(=O)n1CC[NH+]1CCOCC1)C(=O)NCc1cccnc1. The maximum atomic E-state index is 13.3. The van der Waals surface area contributed by atoms with Crippen molar-refractivity contribution in [3.63, 3.8) is 0 Å². The van der Waals surface area contributed by atoms with Crippen molar-refractivity contribution in [3.8, 4) is 0 Å². The summed E-state index contributed by atoms with van der Waals surface area (Å²) in [5, 5.41) is 3.84. The van der Waals surface area contributed by atoms with Crippen LogP contribution in [0, 0.1) is 0 Å². The van der Waals surface area contributed by atoms with Crippen molar-refractivity contribution in [2.75, 3.05) is 32.8 Å². The van der Waals surface area contributed by atoms with E-state index in [1.54, 1.807) is 17.0 Å². The molecule has 1 aliphatic rings. The van der Waals surface area contributed by atoms with Gasteiger partial charge in [-0.05, 0) is 30.2 Å². The van der Waals surface area contributed by atoms with Gasteiger partial charge in [0.1, 0.15) is 13.1 Å². The molecule has 1 aromatic carbocycles. The van der Waals surface area contributed by atoms with Crippen molar-refractivity contribution < 1.29 is 14.4 Å². The molecule has 0 radical (unpaired) electrons. The fraction of sp³-hybridized carbons (Fsp3) is 0.417. The van der Waals surface area contributed by atoms with Gasteiger partial charge in [-0.1, -0.05) is 36.9 Å². The average Bonchev–Trinajstić information content (AvgIpc) is 2.86. The molecule has 3 aromatic rings. The Hall–Kier alpha value is -2.75. The number of benzene rings is 1. The molecule has 2 N–H and O–H groups in total. The van der Waals surface area contributed by atoms with E-state index >= 15 is 0 Å². The number of pyridine rings is 1. The molecule has 8 nitrogen and oxygen atoms in total. The van der Waals surface area contributed by atoms with E-state index in [4.69, 9.17) is 9.72 Å². The summed E-state index contributed by atoms with van der Waals surface area (Å²) in [7, 11) is 0. The molecule has 0 aliphatic carbocycles. The Bertz CT molecular complexity index is 1130. The normalized spacial score (nSPS) is 15.4. The molecule has 1 aliphatic heterocycles. The maximum Gasteiger partial charge on any atom is 0.262 e. The third kappa shape index (κ3) is 5.98. The standard InChI is InChI=1S/C24H29N5O3S/c1-2-21(22(30)26-17-18-6-5-9-25-16-18)33-24-27-20-8-4-3-7-19(20)23(31)29(24)11-10-28-12-14-32-15-13-28/h3-9,16,21H,2,10-15,17H2,1H3,(H,26,30)/p+1. The van der Waals surface area contributed by atoms with Gasteiger partial charge < -0.3 is 15.0 Å². The van der Waals surface area contributed by atoms with Gasteiger partial charge in [0.05, 0.1) is 42.5 Å². The van der Waals surface area contributed by atoms with E-state index < -0.39 is 0 Å². The molecule has 3 heterocycles. The zero-order chi connectivity index (χ0) is 23.0. The van der Waals surface area contributed by atoms with Gasteiger partial charge in [0.25, 0.3) is 5.56 Å². The molecule has 9 heteroatoms. The van der Waals surface area contributed by atoms with Gasteiger partial charge in [0.15, 0.2) is 5.16 Å². The first-order valence-electron chi connectivity index (χ1n) is 11.4. The van der Waals surface area contributed by atoms with Gasteiger partial charge >= 0.3 is 0 Å². The topological polar surface area (TPSA) is 90.5 Å². The first kappa shape index (κ1) is 23.4. The fourth-order valence-corrected chi connectivity index (χ4v) is 4.93. The van der Waals surface area contributed by atoms with E-state index in [1.807, 2.05) is 43.3 Å². The molecule has 0 saturated carbocycles. The summed E-state index contributed by atoms with van der Waals surface area (Å²) < 4.78 is 7.19. The Morgan fingerprint density at radius 1 is 1.24 bits per heavy atom. The Morgan fingerprint density at radius 2 is 2.06 bits per heavy atom. The number of nitrogens with zero attached hydrogens (tertiary/aromatic N) is 3. The number of morpholine rings is 1. The fourth-order valence-electron chi connectivity index (χ4n) is 3.87. The van der Waals surface area contributed by atoms with Crippen LogP contribution < -0.4 is 15.8 Å². The highest BCUT2D eigenvalue weighted by atomic mass is 32.2. The van der Waals surface area contributed by atoms with Crippen LogP contribution in [0.1, 0.15) is 18.9 Å². The van der Waals surface area contributed by atoms with Crippen LogP contribution in [0.2, 0.25) is 0 Å². The van der Waals surface area contributed by atoms with Crippen LogP contribution in [0.15, 0.2) is 58.7 Å². The number of rotatable bonds is 9. The van der Waals surface area contributed by atoms with Crippen molar-refractivity contribution in [1.29, 1.82) is 0 Å². The number of carbonyl (C=O) groups is 1. The Labute approximate surface area is 197 Å². The molecule has 33 heavy (non-hydrogen) atoms. The lowest BCUT2D eigenvalue weighted by molar-refractivity contribution is -0.908. The molecule has 1 fully saturated rings. The van der Waals surface area contributed by atoms with Crippen LogP contribution >= 0.6 is 11.8 Å². The molecule has 1 unspecified atom stereocenters. The number of fused-ring (bicyclic) bond motifs is 1. The second-order valence-electron chi connectivity index (χ2n) is 8.07. The van der Waals surface area contributed by atoms with Crippen molar-refractivity contribution >= 4 is 28.6 Å². The van der Waals surface area contributed by atoms with Crippen LogP contribution in [-0.4, -0.2) is 58.5 Å². The minimum Gasteiger partial charge on any atom is -0.370 e. The van der Waals surface area contributed by atoms with E-state index in [2.05, 4.69) is 10.3 Å². The number of quaternary nitrogens is 1. The predicted octanol–water partition coefficient (Wildman–Crippen LogP) is 0.894. The van der Waals surface area contributed by atoms with Crippen LogP contribution in [0.25, 0.3) is 10.9 Å². The van der Waals surface area contributed by atoms with E-state index in [1.165, 1.54) is 16.7 Å². The number of nitrogens with one attached hydrogen (secondary N) is 2. The highest BCUT2D eigenvalue weighted by Crippen LogP contribution is 2.25. The molecular weight excluding hydrogens is 438 g/mol. The molecule has 2 aromatic heterocycles. The minimum absolute atomic E-state index is 0.0543. The van der Waals surface area contributed by atoms with E-state index in [-0.39, 0.29) is 16.7 Å². The Kier molecular flexibility index (Phi) is 8.09. The third-order valence-electron chi connectivity index (χ3n) is 5.82. The molecule has 1 amide bonds. The van der Waals surface area contributed by atoms with Crippen LogP contribution in [-0.2, 0) is 22.6 Å². The molecule has 1 saturated heterocycles. The first-order valence-corrected chi connectivity index (χ1v) is 12.3. The number of ether oxygens (including phenoxy) is 1. The molecular formula is C24H30N5O3S+. The number of carbonyl (C=O) groups excluding carboxylic acids is 1. The zero-order valence-corrected chi connectivity index (χ0v) is 19.6. The number of amides is 1. The predicted molar refractivity (Wildman–Crippen MR) is 128 cm³/mol. The van der Waals surface area contributed by atoms with Gasteiger partial charge in [-0.2, -0.15) is 0 Å². The van der Waals surface area contributed by atoms with Crippen LogP contribution in [0.5, 0.6) is 0 Å². The van der Waals surface area contributed by atoms with Crippen molar-refractivity contribution in [3.05, 3.63) is 64.7 Å². The monoisotopic (exact) mass is 468 g/mol. The highest BCUT2D eigenvalue weighted by Gasteiger charge is 2.23. The van der Waals surface area contributed by atoms with Crippen LogP contribution in [0.4, 0.5) is 0 Å². The lowest BCUT2D eigenvalue weighted by Crippen LogP contribution is -3.14. The molecule has 174 valence electrons. The maximum absolute atomic E-state index is 13.3. The number of hydrogen-bond acceptors (Lipinski definition) is 6. The highest BCUT2D eigenvalue weighted by molar-refractivity contribution is 8.00. The Morgan fingerprint density at radius 3 is 2.82 bits per heavy atom. The first-order chi connectivity index (χ1) is 16.2. The number of aromatic nitrogens is 3. The summed E-state index contributed by atoms with van der Waals surface area (Å²) in [6.45, 7) is 7.14. The number of hydrogen-bond donors (Lipinski definition) is 2. The van der Waals surface area contributed by atoms with Gasteiger partial charge in [-0.3, -0.25) is 19.1 Å². The van der Waals surface area contributed by atoms with Gasteiger partial charge in [0, 0.05) is 18.9 Å². The lowest BCUT2D eigenvalue weighted by Gasteiger charge is -2.24. The summed E-state index contributed by atoms with van der Waals surface area (Å²) >= 11 is 1.36. The minimum atomic E-state index is -0.350. The molecule has 4 rings (SSSR count). The largest absolute Gasteiger partial charge is 0.370 e. The van der Waals surface area contributed by atoms with Crippen LogP contribution in [0.3, 0.4) is 0 Å². The molecule has 0 spiro atoms. The molecule has 1 atom stereocenters. The van der Waals surface area contributed by atoms with Gasteiger partial charge in [-0.25, -0.2) is 4.98 Å². The smallest absolute Gasteiger partial charge is 0.262 e. The lowest BCUT2D eigenvalue weighted by atomic mass is 10.2. The summed E-state index contributed by atoms with van der Waals surface area (Å²) in [5.74, 6) is -0.0703. The average molecular weight is 469 g/mol. The molecule has 0 bridgehead atoms. The van der Waals surface area contributed by atoms with Crippen molar-refractivity contribution in [2.45, 2.75) is 36.8 Å². The zero-order valence-electron chi connectivity index (χ0n) is 18.8. The van der Waals surface area contributed by atoms with E-state index in [0.29, 0.717) is 35.6 Å². The summed E-state index contributed by atoms with van der Waals surface area (Å²) in [5.41, 5.74) is 1.55. The van der Waals surface area contributed by atoms with Gasteiger partial charge in [0.2, 0.25) is 5.91 Å². The van der Waals surface area contributed by atoms with Gasteiger partial charge in [-0.15, -0.1) is 0 Å². The Balaban J connectivity index is 1.54. The summed E-state index contributed by atoms with van der Waals surface area (Å²) in [6.07, 6.45) is 4.07. The van der Waals surface area contributed by atoms with E-state index in [9.17, 15) is 9.59 Å². The van der Waals surface area contributed by atoms with Crippen molar-refractivity contribution in [2.24, 2.45) is 0 Å². The number of para-hydroxylation sites is 1. The third-order valence-corrected chi connectivity index (χ3v) is 7.17. The summed E-state index contributed by atoms with van der Waals surface area (Å²) in [4.78, 5) is 36.6. The van der Waals surface area contributed by atoms with Crippen molar-refractivity contribution in [1.82, 2.24) is 19.9 Å².